The summed E-state index contributed by atoms with van der Waals surface area (Å²) in [6, 6.07) is 16.0. The number of amides is 2. The number of carbonyl (C=O) groups excluding carboxylic acids is 2. The minimum absolute atomic E-state index is 0.171. The third kappa shape index (κ3) is 3.89. The Morgan fingerprint density at radius 1 is 1.07 bits per heavy atom. The summed E-state index contributed by atoms with van der Waals surface area (Å²) in [5.41, 5.74) is 3.97. The van der Waals surface area contributed by atoms with E-state index in [9.17, 15) is 9.59 Å². The van der Waals surface area contributed by atoms with Crippen LogP contribution >= 0.6 is 11.6 Å². The number of rotatable bonds is 4. The van der Waals surface area contributed by atoms with E-state index in [1.807, 2.05) is 31.2 Å². The highest BCUT2D eigenvalue weighted by molar-refractivity contribution is 6.33. The van der Waals surface area contributed by atoms with Gasteiger partial charge in [0.15, 0.2) is 0 Å². The first-order valence-corrected chi connectivity index (χ1v) is 9.12. The van der Waals surface area contributed by atoms with Gasteiger partial charge in [-0.3, -0.25) is 14.6 Å². The van der Waals surface area contributed by atoms with Crippen molar-refractivity contribution >= 4 is 29.1 Å². The maximum atomic E-state index is 13.0. The fraction of sp³-hybridized carbons (Fsp3) is 0.136. The van der Waals surface area contributed by atoms with Gasteiger partial charge >= 0.3 is 0 Å². The topological polar surface area (TPSA) is 62.3 Å². The number of nitrogens with zero attached hydrogens (tertiary/aromatic N) is 2. The molecule has 0 saturated carbocycles. The number of anilines is 1. The van der Waals surface area contributed by atoms with E-state index in [0.717, 1.165) is 16.8 Å². The Labute approximate surface area is 169 Å². The molecule has 0 aliphatic rings. The second-order valence-corrected chi connectivity index (χ2v) is 6.76. The van der Waals surface area contributed by atoms with E-state index in [4.69, 9.17) is 11.6 Å². The number of hydrogen-bond donors (Lipinski definition) is 1. The molecule has 2 aromatic carbocycles. The van der Waals surface area contributed by atoms with E-state index < -0.39 is 0 Å². The quantitative estimate of drug-likeness (QED) is 0.716. The van der Waals surface area contributed by atoms with Crippen molar-refractivity contribution in [2.75, 3.05) is 19.0 Å². The van der Waals surface area contributed by atoms with E-state index in [0.29, 0.717) is 21.8 Å². The van der Waals surface area contributed by atoms with Crippen LogP contribution in [0.5, 0.6) is 0 Å². The van der Waals surface area contributed by atoms with Gasteiger partial charge in [0, 0.05) is 42.7 Å². The second-order valence-electron chi connectivity index (χ2n) is 6.35. The molecule has 0 bridgehead atoms. The molecule has 0 spiro atoms. The van der Waals surface area contributed by atoms with Crippen LogP contribution in [0.4, 0.5) is 5.69 Å². The number of aryl methyl sites for hydroxylation is 1. The van der Waals surface area contributed by atoms with E-state index >= 15 is 0 Å². The number of halogens is 1. The normalized spacial score (nSPS) is 10.4. The van der Waals surface area contributed by atoms with E-state index in [2.05, 4.69) is 10.3 Å². The Morgan fingerprint density at radius 2 is 1.86 bits per heavy atom. The highest BCUT2D eigenvalue weighted by atomic mass is 35.5. The number of nitrogens with one attached hydrogen (secondary N) is 1. The fourth-order valence-corrected chi connectivity index (χ4v) is 3.14. The van der Waals surface area contributed by atoms with Crippen molar-refractivity contribution in [3.05, 3.63) is 82.5 Å². The minimum Gasteiger partial charge on any atom is -0.355 e. The van der Waals surface area contributed by atoms with Crippen LogP contribution in [0.1, 0.15) is 26.3 Å². The lowest BCUT2D eigenvalue weighted by molar-refractivity contribution is 0.0959. The Balaban J connectivity index is 1.93. The van der Waals surface area contributed by atoms with Gasteiger partial charge in [-0.1, -0.05) is 17.7 Å². The number of pyridine rings is 1. The van der Waals surface area contributed by atoms with E-state index in [1.165, 1.54) is 0 Å². The van der Waals surface area contributed by atoms with Crippen LogP contribution in [0.25, 0.3) is 11.3 Å². The fourth-order valence-electron chi connectivity index (χ4n) is 2.93. The van der Waals surface area contributed by atoms with Crippen LogP contribution in [0, 0.1) is 6.92 Å². The van der Waals surface area contributed by atoms with Crippen molar-refractivity contribution in [1.29, 1.82) is 0 Å². The van der Waals surface area contributed by atoms with E-state index in [-0.39, 0.29) is 11.8 Å². The molecule has 0 radical (unpaired) electrons. The number of benzene rings is 2. The molecule has 0 fully saturated rings. The Kier molecular flexibility index (Phi) is 5.76. The molecule has 28 heavy (non-hydrogen) atoms. The summed E-state index contributed by atoms with van der Waals surface area (Å²) in [7, 11) is 3.28. The first kappa shape index (κ1) is 19.6. The van der Waals surface area contributed by atoms with Crippen LogP contribution in [0.2, 0.25) is 5.02 Å². The molecule has 3 aromatic rings. The zero-order valence-corrected chi connectivity index (χ0v) is 16.6. The molecule has 5 nitrogen and oxygen atoms in total. The molecular weight excluding hydrogens is 374 g/mol. The van der Waals surface area contributed by atoms with Crippen molar-refractivity contribution < 1.29 is 9.59 Å². The highest BCUT2D eigenvalue weighted by Crippen LogP contribution is 2.31. The lowest BCUT2D eigenvalue weighted by Gasteiger charge is -2.20. The summed E-state index contributed by atoms with van der Waals surface area (Å²) in [4.78, 5) is 30.7. The van der Waals surface area contributed by atoms with Gasteiger partial charge in [0.05, 0.1) is 10.7 Å². The van der Waals surface area contributed by atoms with Crippen molar-refractivity contribution in [3.63, 3.8) is 0 Å². The molecule has 1 aromatic heterocycles. The van der Waals surface area contributed by atoms with Gasteiger partial charge < -0.3 is 10.2 Å². The maximum Gasteiger partial charge on any atom is 0.258 e. The monoisotopic (exact) mass is 393 g/mol. The van der Waals surface area contributed by atoms with Crippen molar-refractivity contribution in [2.24, 2.45) is 0 Å². The summed E-state index contributed by atoms with van der Waals surface area (Å²) in [5, 5.41) is 3.14. The van der Waals surface area contributed by atoms with Crippen molar-refractivity contribution in [2.45, 2.75) is 6.92 Å². The smallest absolute Gasteiger partial charge is 0.258 e. The molecule has 2 amide bonds. The van der Waals surface area contributed by atoms with E-state index in [1.54, 1.807) is 55.5 Å². The highest BCUT2D eigenvalue weighted by Gasteiger charge is 2.18. The molecule has 6 heteroatoms. The largest absolute Gasteiger partial charge is 0.355 e. The average Bonchev–Trinajstić information content (AvgIpc) is 2.73. The first-order valence-electron chi connectivity index (χ1n) is 8.74. The molecular formula is C22H20ClN3O2. The maximum absolute atomic E-state index is 13.0. The zero-order valence-electron chi connectivity index (χ0n) is 15.9. The molecule has 142 valence electrons. The zero-order chi connectivity index (χ0) is 20.3. The van der Waals surface area contributed by atoms with Gasteiger partial charge in [-0.2, -0.15) is 0 Å². The molecule has 0 unspecified atom stereocenters. The van der Waals surface area contributed by atoms with Gasteiger partial charge in [0.25, 0.3) is 11.8 Å². The van der Waals surface area contributed by atoms with Crippen LogP contribution in [0.3, 0.4) is 0 Å². The molecule has 0 aliphatic heterocycles. The van der Waals surface area contributed by atoms with Crippen LogP contribution < -0.4 is 10.2 Å². The SMILES string of the molecule is CNC(=O)c1ccc(C(=O)N(C)c2ccc(Cl)c(-c3ccccn3)c2)c(C)c1. The summed E-state index contributed by atoms with van der Waals surface area (Å²) >= 11 is 6.34. The van der Waals surface area contributed by atoms with Gasteiger partial charge in [0.2, 0.25) is 0 Å². The molecule has 1 heterocycles. The Bertz CT molecular complexity index is 1040. The minimum atomic E-state index is -0.187. The van der Waals surface area contributed by atoms with Crippen LogP contribution in [0.15, 0.2) is 60.8 Å². The lowest BCUT2D eigenvalue weighted by Crippen LogP contribution is -2.27. The summed E-state index contributed by atoms with van der Waals surface area (Å²) < 4.78 is 0. The summed E-state index contributed by atoms with van der Waals surface area (Å²) in [6.07, 6.45) is 1.70. The van der Waals surface area contributed by atoms with Gasteiger partial charge in [-0.25, -0.2) is 0 Å². The summed E-state index contributed by atoms with van der Waals surface area (Å²) in [5.74, 6) is -0.358. The van der Waals surface area contributed by atoms with Gasteiger partial charge in [-0.05, 0) is 61.0 Å². The van der Waals surface area contributed by atoms with Crippen LogP contribution in [-0.2, 0) is 0 Å². The van der Waals surface area contributed by atoms with Crippen molar-refractivity contribution in [1.82, 2.24) is 10.3 Å². The molecule has 0 aliphatic carbocycles. The lowest BCUT2D eigenvalue weighted by atomic mass is 10.0. The number of carbonyl (C=O) groups is 2. The second kappa shape index (κ2) is 8.23. The summed E-state index contributed by atoms with van der Waals surface area (Å²) in [6.45, 7) is 1.81. The molecule has 3 rings (SSSR count). The predicted molar refractivity (Wildman–Crippen MR) is 112 cm³/mol. The van der Waals surface area contributed by atoms with Gasteiger partial charge in [0.1, 0.15) is 0 Å². The number of hydrogen-bond acceptors (Lipinski definition) is 3. The Hall–Kier alpha value is -3.18. The van der Waals surface area contributed by atoms with Crippen molar-refractivity contribution in [3.8, 4) is 11.3 Å². The van der Waals surface area contributed by atoms with Gasteiger partial charge in [-0.15, -0.1) is 0 Å². The average molecular weight is 394 g/mol. The third-order valence-corrected chi connectivity index (χ3v) is 4.86. The standard InChI is InChI=1S/C22H20ClN3O2/c1-14-12-15(21(27)24-2)7-9-17(14)22(28)26(3)16-8-10-19(23)18(13-16)20-6-4-5-11-25-20/h4-13H,1-3H3,(H,24,27). The molecule has 0 saturated heterocycles. The molecule has 1 N–H and O–H groups in total. The Morgan fingerprint density at radius 3 is 2.50 bits per heavy atom. The number of aromatic nitrogens is 1. The first-order chi connectivity index (χ1) is 13.4. The third-order valence-electron chi connectivity index (χ3n) is 4.53. The van der Waals surface area contributed by atoms with Crippen LogP contribution in [-0.4, -0.2) is 30.9 Å². The predicted octanol–water partition coefficient (Wildman–Crippen LogP) is 4.35. The molecule has 0 atom stereocenters.